The van der Waals surface area contributed by atoms with Crippen LogP contribution in [0.1, 0.15) is 47.8 Å². The Kier molecular flexibility index (Phi) is 6.43. The number of anilines is 2. The number of amides is 2. The Hall–Kier alpha value is -3.70. The molecule has 2 amide bonds. The van der Waals surface area contributed by atoms with Gasteiger partial charge in [0, 0.05) is 56.7 Å². The van der Waals surface area contributed by atoms with Crippen molar-refractivity contribution < 1.29 is 23.1 Å². The number of likely N-dealkylation sites (tertiary alicyclic amines) is 1. The predicted octanol–water partition coefficient (Wildman–Crippen LogP) is 4.21. The fourth-order valence-electron chi connectivity index (χ4n) is 6.71. The lowest BCUT2D eigenvalue weighted by atomic mass is 9.74. The minimum Gasteiger partial charge on any atom is -0.381 e. The molecule has 1 saturated carbocycles. The summed E-state index contributed by atoms with van der Waals surface area (Å²) < 4.78 is 35.8. The second-order valence-corrected chi connectivity index (χ2v) is 12.3. The Labute approximate surface area is 246 Å². The van der Waals surface area contributed by atoms with Crippen molar-refractivity contribution in [3.63, 3.8) is 0 Å². The highest BCUT2D eigenvalue weighted by Gasteiger charge is 2.59. The molecule has 1 spiro atoms. The smallest absolute Gasteiger partial charge is 0.263 e. The molecule has 218 valence electrons. The molecule has 9 nitrogen and oxygen atoms in total. The molecule has 0 radical (unpaired) electrons. The summed E-state index contributed by atoms with van der Waals surface area (Å²) in [6.45, 7) is 4.10. The van der Waals surface area contributed by atoms with Crippen molar-refractivity contribution in [3.05, 3.63) is 76.2 Å². The molecule has 0 bridgehead atoms. The minimum absolute atomic E-state index is 0.0658. The summed E-state index contributed by atoms with van der Waals surface area (Å²) in [5.74, 6) is -1.50. The molecule has 1 N–H and O–H groups in total. The molecule has 2 atom stereocenters. The SMILES string of the molecule is C[C@@]1(c2cccc(Cl)c2F)CN(c2ncccc2F)C(=O)c2cnc(NC3CN(C(=O)[C@@H]4CC45CCOCC5)C3)nc21. The van der Waals surface area contributed by atoms with Crippen LogP contribution in [0.25, 0.3) is 0 Å². The number of halogens is 3. The van der Waals surface area contributed by atoms with Crippen molar-refractivity contribution in [3.8, 4) is 0 Å². The quantitative estimate of drug-likeness (QED) is 0.472. The van der Waals surface area contributed by atoms with Gasteiger partial charge in [-0.15, -0.1) is 0 Å². The molecule has 2 saturated heterocycles. The van der Waals surface area contributed by atoms with Gasteiger partial charge in [-0.3, -0.25) is 14.5 Å². The van der Waals surface area contributed by atoms with E-state index in [1.54, 1.807) is 19.1 Å². The lowest BCUT2D eigenvalue weighted by Crippen LogP contribution is -2.58. The van der Waals surface area contributed by atoms with Gasteiger partial charge in [0.15, 0.2) is 11.6 Å². The van der Waals surface area contributed by atoms with E-state index in [1.807, 2.05) is 4.90 Å². The number of hydrogen-bond acceptors (Lipinski definition) is 7. The molecular weight excluding hydrogens is 566 g/mol. The van der Waals surface area contributed by atoms with Crippen LogP contribution in [0.3, 0.4) is 0 Å². The van der Waals surface area contributed by atoms with Crippen molar-refractivity contribution in [2.75, 3.05) is 43.1 Å². The molecule has 2 aromatic heterocycles. The first kappa shape index (κ1) is 27.2. The fourth-order valence-corrected chi connectivity index (χ4v) is 6.88. The highest BCUT2D eigenvalue weighted by Crippen LogP contribution is 2.60. The van der Waals surface area contributed by atoms with E-state index < -0.39 is 23.0 Å². The van der Waals surface area contributed by atoms with Gasteiger partial charge in [-0.2, -0.15) is 0 Å². The van der Waals surface area contributed by atoms with E-state index in [0.717, 1.165) is 32.5 Å². The summed E-state index contributed by atoms with van der Waals surface area (Å²) in [4.78, 5) is 42.9. The molecule has 3 aliphatic heterocycles. The molecule has 5 heterocycles. The van der Waals surface area contributed by atoms with Gasteiger partial charge in [0.05, 0.1) is 27.7 Å². The van der Waals surface area contributed by atoms with E-state index in [0.29, 0.717) is 18.8 Å². The highest BCUT2D eigenvalue weighted by atomic mass is 35.5. The Morgan fingerprint density at radius 3 is 2.69 bits per heavy atom. The summed E-state index contributed by atoms with van der Waals surface area (Å²) >= 11 is 6.16. The average molecular weight is 595 g/mol. The zero-order valence-corrected chi connectivity index (χ0v) is 23.7. The van der Waals surface area contributed by atoms with E-state index in [2.05, 4.69) is 15.3 Å². The van der Waals surface area contributed by atoms with E-state index in [4.69, 9.17) is 21.3 Å². The molecule has 1 aliphatic carbocycles. The van der Waals surface area contributed by atoms with Crippen LogP contribution in [0.5, 0.6) is 0 Å². The van der Waals surface area contributed by atoms with E-state index in [-0.39, 0.29) is 57.7 Å². The molecular formula is C30H29ClF2N6O3. The van der Waals surface area contributed by atoms with E-state index in [1.165, 1.54) is 35.5 Å². The second kappa shape index (κ2) is 9.95. The van der Waals surface area contributed by atoms with Crippen molar-refractivity contribution in [2.24, 2.45) is 11.3 Å². The molecule has 7 rings (SSSR count). The number of hydrogen-bond donors (Lipinski definition) is 1. The lowest BCUT2D eigenvalue weighted by molar-refractivity contribution is -0.138. The minimum atomic E-state index is -1.22. The van der Waals surface area contributed by atoms with Gasteiger partial charge in [0.25, 0.3) is 5.91 Å². The zero-order valence-electron chi connectivity index (χ0n) is 22.9. The third-order valence-electron chi connectivity index (χ3n) is 9.30. The number of aromatic nitrogens is 3. The van der Waals surface area contributed by atoms with Crippen LogP contribution in [-0.4, -0.2) is 70.6 Å². The largest absolute Gasteiger partial charge is 0.381 e. The first-order valence-corrected chi connectivity index (χ1v) is 14.5. The molecule has 1 aromatic carbocycles. The zero-order chi connectivity index (χ0) is 29.2. The van der Waals surface area contributed by atoms with Crippen LogP contribution in [0.15, 0.2) is 42.7 Å². The van der Waals surface area contributed by atoms with Crippen LogP contribution in [0.2, 0.25) is 5.02 Å². The number of benzene rings is 1. The van der Waals surface area contributed by atoms with Crippen LogP contribution in [0.4, 0.5) is 20.5 Å². The molecule has 3 aromatic rings. The number of pyridine rings is 1. The first-order chi connectivity index (χ1) is 20.2. The van der Waals surface area contributed by atoms with Crippen molar-refractivity contribution in [1.82, 2.24) is 19.9 Å². The van der Waals surface area contributed by atoms with Crippen LogP contribution in [-0.2, 0) is 14.9 Å². The van der Waals surface area contributed by atoms with Crippen molar-refractivity contribution in [2.45, 2.75) is 37.6 Å². The third-order valence-corrected chi connectivity index (χ3v) is 9.60. The van der Waals surface area contributed by atoms with Crippen molar-refractivity contribution in [1.29, 1.82) is 0 Å². The van der Waals surface area contributed by atoms with Gasteiger partial charge in [0.1, 0.15) is 5.82 Å². The number of carbonyl (C=O) groups excluding carboxylic acids is 2. The number of fused-ring (bicyclic) bond motifs is 1. The number of nitrogens with one attached hydrogen (secondary N) is 1. The monoisotopic (exact) mass is 594 g/mol. The molecule has 42 heavy (non-hydrogen) atoms. The number of nitrogens with zero attached hydrogens (tertiary/aromatic N) is 5. The maximum absolute atomic E-state index is 15.5. The summed E-state index contributed by atoms with van der Waals surface area (Å²) in [5, 5.41) is 3.20. The molecule has 12 heteroatoms. The first-order valence-electron chi connectivity index (χ1n) is 14.1. The highest BCUT2D eigenvalue weighted by molar-refractivity contribution is 6.30. The summed E-state index contributed by atoms with van der Waals surface area (Å²) in [7, 11) is 0. The maximum Gasteiger partial charge on any atom is 0.263 e. The van der Waals surface area contributed by atoms with E-state index in [9.17, 15) is 14.0 Å². The standard InChI is InChI=1S/C30H29ClF2N6O3/c1-29(19-4-2-5-21(31)23(19)33)16-39(25-22(32)6-3-9-34-25)26(40)18-13-35-28(37-24(18)29)36-17-14-38(15-17)27(41)20-12-30(20)7-10-42-11-8-30/h2-6,9,13,17,20H,7-8,10-12,14-16H2,1H3,(H,35,36,37)/t20-,29-/m0/s1. The van der Waals surface area contributed by atoms with Crippen LogP contribution in [0, 0.1) is 23.0 Å². The summed E-state index contributed by atoms with van der Waals surface area (Å²) in [6.07, 6.45) is 5.58. The topological polar surface area (TPSA) is 101 Å². The van der Waals surface area contributed by atoms with Gasteiger partial charge in [-0.25, -0.2) is 23.7 Å². The molecule has 4 aliphatic rings. The summed E-state index contributed by atoms with van der Waals surface area (Å²) in [5.41, 5.74) is -0.479. The third kappa shape index (κ3) is 4.32. The van der Waals surface area contributed by atoms with Gasteiger partial charge in [-0.05, 0) is 49.8 Å². The Morgan fingerprint density at radius 1 is 1.14 bits per heavy atom. The normalized spacial score (nSPS) is 24.8. The fraction of sp³-hybridized carbons (Fsp3) is 0.433. The van der Waals surface area contributed by atoms with Gasteiger partial charge >= 0.3 is 0 Å². The Bertz CT molecular complexity index is 1590. The number of ether oxygens (including phenoxy) is 1. The Morgan fingerprint density at radius 2 is 1.93 bits per heavy atom. The van der Waals surface area contributed by atoms with Crippen molar-refractivity contribution >= 4 is 35.2 Å². The van der Waals surface area contributed by atoms with E-state index >= 15 is 4.39 Å². The number of carbonyl (C=O) groups is 2. The maximum atomic E-state index is 15.5. The second-order valence-electron chi connectivity index (χ2n) is 11.9. The predicted molar refractivity (Wildman–Crippen MR) is 150 cm³/mol. The molecule has 3 fully saturated rings. The Balaban J connectivity index is 1.15. The van der Waals surface area contributed by atoms with Gasteiger partial charge < -0.3 is 15.0 Å². The number of rotatable bonds is 5. The average Bonchev–Trinajstić information content (AvgIpc) is 3.66. The summed E-state index contributed by atoms with van der Waals surface area (Å²) in [6, 6.07) is 7.23. The lowest BCUT2D eigenvalue weighted by Gasteiger charge is -2.42. The van der Waals surface area contributed by atoms with Gasteiger partial charge in [0.2, 0.25) is 11.9 Å². The van der Waals surface area contributed by atoms with Crippen LogP contribution >= 0.6 is 11.6 Å². The van der Waals surface area contributed by atoms with Gasteiger partial charge in [-0.1, -0.05) is 23.7 Å². The molecule has 0 unspecified atom stereocenters. The van der Waals surface area contributed by atoms with Crippen LogP contribution < -0.4 is 10.2 Å².